The summed E-state index contributed by atoms with van der Waals surface area (Å²) in [7, 11) is 0. The van der Waals surface area contributed by atoms with Gasteiger partial charge in [-0.25, -0.2) is 4.98 Å². The molecule has 1 heterocycles. The van der Waals surface area contributed by atoms with Crippen LogP contribution < -0.4 is 0 Å². The molecule has 0 saturated carbocycles. The summed E-state index contributed by atoms with van der Waals surface area (Å²) in [5.74, 6) is 0. The molecule has 0 atom stereocenters. The van der Waals surface area contributed by atoms with Gasteiger partial charge in [0.1, 0.15) is 0 Å². The molecule has 0 aliphatic carbocycles. The van der Waals surface area contributed by atoms with Gasteiger partial charge in [-0.2, -0.15) is 13.2 Å². The number of hydrogen-bond donors (Lipinski definition) is 0. The Balaban J connectivity index is 3.28. The Hall–Kier alpha value is -0.400. The molecule has 1 aromatic rings. The van der Waals surface area contributed by atoms with Gasteiger partial charge in [0.25, 0.3) is 0 Å². The van der Waals surface area contributed by atoms with Crippen molar-refractivity contribution in [3.63, 3.8) is 0 Å². The van der Waals surface area contributed by atoms with Gasteiger partial charge in [-0.1, -0.05) is 11.6 Å². The summed E-state index contributed by atoms with van der Waals surface area (Å²) in [5, 5.41) is -1.10. The molecule has 72 valence electrons. The van der Waals surface area contributed by atoms with Crippen molar-refractivity contribution in [3.8, 4) is 0 Å². The molecule has 0 unspecified atom stereocenters. The molecular weight excluding hydrogens is 247 g/mol. The molecule has 13 heavy (non-hydrogen) atoms. The van der Waals surface area contributed by atoms with Crippen LogP contribution in [-0.2, 0) is 18.8 Å². The normalized spacial score (nSPS) is 11.7. The molecule has 0 aliphatic heterocycles. The third-order valence-electron chi connectivity index (χ3n) is 1.05. The van der Waals surface area contributed by atoms with E-state index in [4.69, 9.17) is 11.6 Å². The maximum atomic E-state index is 12.1. The van der Waals surface area contributed by atoms with Crippen LogP contribution in [0, 0.1) is 0 Å². The quantitative estimate of drug-likeness (QED) is 0.713. The maximum Gasteiger partial charge on any atom is 0.434 e. The van der Waals surface area contributed by atoms with Crippen molar-refractivity contribution >= 4 is 40.7 Å². The SMILES string of the molecule is O=C([S-])c1sc(Cl)nc1C(F)(F)F. The monoisotopic (exact) mass is 246 g/mol. The van der Waals surface area contributed by atoms with Crippen LogP contribution in [0.25, 0.3) is 0 Å². The Bertz CT molecular complexity index is 348. The summed E-state index contributed by atoms with van der Waals surface area (Å²) in [6.45, 7) is 0. The molecule has 0 aliphatic rings. The number of aromatic nitrogens is 1. The minimum absolute atomic E-state index is 0.347. The number of nitrogens with zero attached hydrogens (tertiary/aromatic N) is 1. The minimum Gasteiger partial charge on any atom is -0.736 e. The highest BCUT2D eigenvalue weighted by atomic mass is 35.5. The van der Waals surface area contributed by atoms with Crippen molar-refractivity contribution in [2.75, 3.05) is 0 Å². The zero-order chi connectivity index (χ0) is 10.2. The molecule has 2 nitrogen and oxygen atoms in total. The fraction of sp³-hybridized carbons (Fsp3) is 0.200. The summed E-state index contributed by atoms with van der Waals surface area (Å²) in [6, 6.07) is 0. The van der Waals surface area contributed by atoms with Crippen LogP contribution in [-0.4, -0.2) is 10.1 Å². The Kier molecular flexibility index (Phi) is 2.79. The second-order valence-electron chi connectivity index (χ2n) is 1.93. The number of halogens is 4. The van der Waals surface area contributed by atoms with Crippen molar-refractivity contribution in [2.24, 2.45) is 0 Å². The minimum atomic E-state index is -4.69. The zero-order valence-electron chi connectivity index (χ0n) is 5.68. The predicted molar refractivity (Wildman–Crippen MR) is 43.8 cm³/mol. The first-order valence-electron chi connectivity index (χ1n) is 2.77. The van der Waals surface area contributed by atoms with E-state index in [0.717, 1.165) is 0 Å². The Morgan fingerprint density at radius 2 is 2.08 bits per heavy atom. The first-order chi connectivity index (χ1) is 5.82. The average molecular weight is 247 g/mol. The average Bonchev–Trinajstić information content (AvgIpc) is 2.29. The van der Waals surface area contributed by atoms with Gasteiger partial charge < -0.3 is 17.4 Å². The number of carbonyl (C=O) groups is 1. The topological polar surface area (TPSA) is 30.0 Å². The largest absolute Gasteiger partial charge is 0.736 e. The van der Waals surface area contributed by atoms with Gasteiger partial charge in [-0.15, -0.1) is 11.3 Å². The number of hydrogen-bond acceptors (Lipinski definition) is 4. The first kappa shape index (κ1) is 10.7. The predicted octanol–water partition coefficient (Wildman–Crippen LogP) is 2.50. The van der Waals surface area contributed by atoms with E-state index in [1.165, 1.54) is 0 Å². The molecule has 0 N–H and O–H groups in total. The van der Waals surface area contributed by atoms with Gasteiger partial charge in [0.05, 0.1) is 9.99 Å². The Morgan fingerprint density at radius 1 is 1.54 bits per heavy atom. The third-order valence-corrected chi connectivity index (χ3v) is 2.55. The lowest BCUT2D eigenvalue weighted by Crippen LogP contribution is -2.10. The van der Waals surface area contributed by atoms with Gasteiger partial charge in [-0.05, 0) is 0 Å². The smallest absolute Gasteiger partial charge is 0.434 e. The van der Waals surface area contributed by atoms with E-state index in [9.17, 15) is 18.0 Å². The molecule has 0 amide bonds. The van der Waals surface area contributed by atoms with Crippen LogP contribution >= 0.6 is 22.9 Å². The summed E-state index contributed by atoms with van der Waals surface area (Å²) >= 11 is 9.74. The highest BCUT2D eigenvalue weighted by molar-refractivity contribution is 7.78. The maximum absolute atomic E-state index is 12.1. The van der Waals surface area contributed by atoms with Crippen molar-refractivity contribution in [3.05, 3.63) is 15.0 Å². The van der Waals surface area contributed by atoms with E-state index in [0.29, 0.717) is 11.3 Å². The van der Waals surface area contributed by atoms with Gasteiger partial charge in [0.15, 0.2) is 10.2 Å². The fourth-order valence-electron chi connectivity index (χ4n) is 0.625. The van der Waals surface area contributed by atoms with E-state index >= 15 is 0 Å². The lowest BCUT2D eigenvalue weighted by atomic mass is 10.4. The van der Waals surface area contributed by atoms with Crippen LogP contribution in [0.2, 0.25) is 4.47 Å². The van der Waals surface area contributed by atoms with Crippen LogP contribution in [0.3, 0.4) is 0 Å². The highest BCUT2D eigenvalue weighted by Gasteiger charge is 2.37. The molecule has 0 bridgehead atoms. The molecule has 0 radical (unpaired) electrons. The Morgan fingerprint density at radius 3 is 2.38 bits per heavy atom. The van der Waals surface area contributed by atoms with Gasteiger partial charge in [-0.3, -0.25) is 0 Å². The van der Waals surface area contributed by atoms with E-state index in [1.54, 1.807) is 0 Å². The molecule has 8 heteroatoms. The molecular formula is C5ClF3NOS2-. The summed E-state index contributed by atoms with van der Waals surface area (Å²) in [5.41, 5.74) is -1.30. The van der Waals surface area contributed by atoms with Crippen LogP contribution in [0.15, 0.2) is 0 Å². The lowest BCUT2D eigenvalue weighted by molar-refractivity contribution is -0.141. The van der Waals surface area contributed by atoms with Crippen molar-refractivity contribution in [1.82, 2.24) is 4.98 Å². The fourth-order valence-corrected chi connectivity index (χ4v) is 1.81. The lowest BCUT2D eigenvalue weighted by Gasteiger charge is -2.06. The van der Waals surface area contributed by atoms with Gasteiger partial charge in [0.2, 0.25) is 0 Å². The summed E-state index contributed by atoms with van der Waals surface area (Å²) in [6.07, 6.45) is -4.69. The summed E-state index contributed by atoms with van der Waals surface area (Å²) in [4.78, 5) is 12.9. The zero-order valence-corrected chi connectivity index (χ0v) is 8.07. The number of thiazole rings is 1. The second kappa shape index (κ2) is 3.39. The highest BCUT2D eigenvalue weighted by Crippen LogP contribution is 2.35. The molecule has 0 spiro atoms. The van der Waals surface area contributed by atoms with Crippen molar-refractivity contribution in [2.45, 2.75) is 6.18 Å². The van der Waals surface area contributed by atoms with Gasteiger partial charge in [0, 0.05) is 0 Å². The van der Waals surface area contributed by atoms with Crippen molar-refractivity contribution in [1.29, 1.82) is 0 Å². The standard InChI is InChI=1S/C5HClF3NOS2/c6-4-10-2(5(7,8)9)1(13-4)3(11)12/h(H,11,12)/p-1. The first-order valence-corrected chi connectivity index (χ1v) is 4.37. The number of alkyl halides is 3. The van der Waals surface area contributed by atoms with E-state index in [2.05, 4.69) is 17.6 Å². The van der Waals surface area contributed by atoms with E-state index in [1.807, 2.05) is 0 Å². The van der Waals surface area contributed by atoms with Crippen LogP contribution in [0.5, 0.6) is 0 Å². The van der Waals surface area contributed by atoms with E-state index in [-0.39, 0.29) is 4.47 Å². The summed E-state index contributed by atoms with van der Waals surface area (Å²) < 4.78 is 36.0. The molecule has 1 aromatic heterocycles. The van der Waals surface area contributed by atoms with Crippen LogP contribution in [0.4, 0.5) is 13.2 Å². The third kappa shape index (κ3) is 2.29. The van der Waals surface area contributed by atoms with Gasteiger partial charge >= 0.3 is 6.18 Å². The molecule has 0 saturated heterocycles. The van der Waals surface area contributed by atoms with Crippen LogP contribution in [0.1, 0.15) is 15.4 Å². The Labute approximate surface area is 85.1 Å². The second-order valence-corrected chi connectivity index (χ2v) is 3.88. The number of rotatable bonds is 1. The molecule has 1 rings (SSSR count). The number of carbonyl (C=O) groups excluding carboxylic acids is 1. The van der Waals surface area contributed by atoms with Crippen molar-refractivity contribution < 1.29 is 18.0 Å². The van der Waals surface area contributed by atoms with E-state index < -0.39 is 21.9 Å². The molecule has 0 aromatic carbocycles. The molecule has 0 fully saturated rings.